The van der Waals surface area contributed by atoms with Crippen LogP contribution in [0.1, 0.15) is 58.8 Å². The molecule has 3 fully saturated rings. The molecule has 0 aromatic rings. The van der Waals surface area contributed by atoms with Crippen LogP contribution in [-0.4, -0.2) is 60.4 Å². The van der Waals surface area contributed by atoms with Crippen molar-refractivity contribution in [1.82, 2.24) is 15.1 Å². The van der Waals surface area contributed by atoms with Crippen molar-refractivity contribution in [3.05, 3.63) is 0 Å². The number of piperazine rings is 1. The number of likely N-dealkylation sites (tertiary alicyclic amines) is 1. The zero-order valence-electron chi connectivity index (χ0n) is 15.8. The Hall–Kier alpha value is -0.810. The molecule has 2 aliphatic heterocycles. The number of rotatable bonds is 4. The SMILES string of the molecule is CC(C)CC1(C(=O)N2CCCC(N3CCNCC3=O)C2)CCCC1.Cl. The lowest BCUT2D eigenvalue weighted by Gasteiger charge is -2.44. The number of carbonyl (C=O) groups excluding carboxylic acids is 2. The van der Waals surface area contributed by atoms with Crippen molar-refractivity contribution in [2.75, 3.05) is 32.7 Å². The maximum Gasteiger partial charge on any atom is 0.236 e. The number of halogens is 1. The molecule has 3 aliphatic rings. The van der Waals surface area contributed by atoms with Gasteiger partial charge in [0.05, 0.1) is 6.54 Å². The average Bonchev–Trinajstić information content (AvgIpc) is 3.03. The van der Waals surface area contributed by atoms with Gasteiger partial charge in [-0.2, -0.15) is 0 Å². The summed E-state index contributed by atoms with van der Waals surface area (Å²) in [5.74, 6) is 1.13. The number of piperidine rings is 1. The molecule has 0 radical (unpaired) electrons. The van der Waals surface area contributed by atoms with Crippen LogP contribution in [0, 0.1) is 11.3 Å². The van der Waals surface area contributed by atoms with Crippen LogP contribution in [-0.2, 0) is 9.59 Å². The fourth-order valence-electron chi connectivity index (χ4n) is 5.07. The maximum atomic E-state index is 13.4. The number of nitrogens with one attached hydrogen (secondary N) is 1. The Morgan fingerprint density at radius 1 is 1.24 bits per heavy atom. The van der Waals surface area contributed by atoms with E-state index in [9.17, 15) is 9.59 Å². The van der Waals surface area contributed by atoms with Gasteiger partial charge in [0.1, 0.15) is 0 Å². The molecular weight excluding hydrogens is 338 g/mol. The third-order valence-electron chi connectivity index (χ3n) is 6.06. The lowest BCUT2D eigenvalue weighted by atomic mass is 9.77. The topological polar surface area (TPSA) is 52.7 Å². The van der Waals surface area contributed by atoms with Crippen LogP contribution in [0.2, 0.25) is 0 Å². The molecule has 1 aliphatic carbocycles. The normalized spacial score (nSPS) is 26.7. The van der Waals surface area contributed by atoms with E-state index >= 15 is 0 Å². The van der Waals surface area contributed by atoms with Gasteiger partial charge in [-0.15, -0.1) is 12.4 Å². The zero-order valence-corrected chi connectivity index (χ0v) is 16.6. The second kappa shape index (κ2) is 8.72. The van der Waals surface area contributed by atoms with Gasteiger partial charge in [-0.25, -0.2) is 0 Å². The summed E-state index contributed by atoms with van der Waals surface area (Å²) in [6, 6.07) is 0.217. The first-order chi connectivity index (χ1) is 11.5. The van der Waals surface area contributed by atoms with Crippen LogP contribution < -0.4 is 5.32 Å². The third-order valence-corrected chi connectivity index (χ3v) is 6.06. The zero-order chi connectivity index (χ0) is 17.2. The molecule has 144 valence electrons. The van der Waals surface area contributed by atoms with Gasteiger partial charge in [0.25, 0.3) is 0 Å². The van der Waals surface area contributed by atoms with Crippen molar-refractivity contribution in [2.45, 2.75) is 64.8 Å². The van der Waals surface area contributed by atoms with E-state index in [0.29, 0.717) is 18.4 Å². The number of carbonyl (C=O) groups is 2. The molecule has 3 rings (SSSR count). The Bertz CT molecular complexity index is 477. The van der Waals surface area contributed by atoms with E-state index in [4.69, 9.17) is 0 Å². The smallest absolute Gasteiger partial charge is 0.236 e. The molecule has 1 saturated carbocycles. The van der Waals surface area contributed by atoms with Gasteiger partial charge in [-0.3, -0.25) is 9.59 Å². The molecule has 1 N–H and O–H groups in total. The van der Waals surface area contributed by atoms with Crippen molar-refractivity contribution in [2.24, 2.45) is 11.3 Å². The summed E-state index contributed by atoms with van der Waals surface area (Å²) < 4.78 is 0. The molecule has 2 heterocycles. The molecule has 2 saturated heterocycles. The second-order valence-electron chi connectivity index (χ2n) is 8.40. The molecule has 0 aromatic carbocycles. The first-order valence-electron chi connectivity index (χ1n) is 9.81. The Kier molecular flexibility index (Phi) is 7.15. The highest BCUT2D eigenvalue weighted by atomic mass is 35.5. The summed E-state index contributed by atoms with van der Waals surface area (Å²) >= 11 is 0. The summed E-state index contributed by atoms with van der Waals surface area (Å²) in [6.45, 7) is 8.16. The second-order valence-corrected chi connectivity index (χ2v) is 8.40. The molecule has 6 heteroatoms. The van der Waals surface area contributed by atoms with Crippen molar-refractivity contribution in [3.8, 4) is 0 Å². The van der Waals surface area contributed by atoms with Crippen LogP contribution in [0.3, 0.4) is 0 Å². The largest absolute Gasteiger partial charge is 0.340 e. The summed E-state index contributed by atoms with van der Waals surface area (Å²) in [6.07, 6.45) is 7.55. The quantitative estimate of drug-likeness (QED) is 0.825. The standard InChI is InChI=1S/C19H33N3O2.ClH/c1-15(2)12-19(7-3-4-8-19)18(24)21-10-5-6-16(14-21)22-11-9-20-13-17(22)23;/h15-16,20H,3-14H2,1-2H3;1H. The highest BCUT2D eigenvalue weighted by molar-refractivity contribution is 5.85. The van der Waals surface area contributed by atoms with Crippen molar-refractivity contribution in [3.63, 3.8) is 0 Å². The van der Waals surface area contributed by atoms with Crippen LogP contribution in [0.4, 0.5) is 0 Å². The first-order valence-corrected chi connectivity index (χ1v) is 9.81. The van der Waals surface area contributed by atoms with E-state index in [0.717, 1.165) is 58.3 Å². The fraction of sp³-hybridized carbons (Fsp3) is 0.895. The van der Waals surface area contributed by atoms with Crippen LogP contribution >= 0.6 is 12.4 Å². The number of amides is 2. The van der Waals surface area contributed by atoms with Gasteiger partial charge in [0.2, 0.25) is 11.8 Å². The van der Waals surface area contributed by atoms with Crippen LogP contribution in [0.25, 0.3) is 0 Å². The van der Waals surface area contributed by atoms with Gasteiger partial charge >= 0.3 is 0 Å². The minimum atomic E-state index is -0.122. The van der Waals surface area contributed by atoms with Gasteiger partial charge in [0.15, 0.2) is 0 Å². The minimum absolute atomic E-state index is 0. The van der Waals surface area contributed by atoms with Gasteiger partial charge in [0, 0.05) is 37.6 Å². The fourth-order valence-corrected chi connectivity index (χ4v) is 5.07. The first kappa shape index (κ1) is 20.5. The Morgan fingerprint density at radius 2 is 1.96 bits per heavy atom. The third kappa shape index (κ3) is 4.48. The van der Waals surface area contributed by atoms with E-state index in [1.807, 2.05) is 4.90 Å². The number of hydrogen-bond acceptors (Lipinski definition) is 3. The Labute approximate surface area is 158 Å². The minimum Gasteiger partial charge on any atom is -0.340 e. The lowest BCUT2D eigenvalue weighted by molar-refractivity contribution is -0.148. The van der Waals surface area contributed by atoms with Gasteiger partial charge in [-0.05, 0) is 38.0 Å². The molecule has 0 spiro atoms. The lowest BCUT2D eigenvalue weighted by Crippen LogP contribution is -2.58. The van der Waals surface area contributed by atoms with Gasteiger partial charge in [-0.1, -0.05) is 26.7 Å². The van der Waals surface area contributed by atoms with E-state index in [-0.39, 0.29) is 29.8 Å². The summed E-state index contributed by atoms with van der Waals surface area (Å²) in [5, 5.41) is 3.14. The monoisotopic (exact) mass is 371 g/mol. The molecule has 25 heavy (non-hydrogen) atoms. The highest BCUT2D eigenvalue weighted by Gasteiger charge is 2.45. The van der Waals surface area contributed by atoms with Crippen molar-refractivity contribution < 1.29 is 9.59 Å². The molecular formula is C19H34ClN3O2. The molecule has 1 unspecified atom stereocenters. The highest BCUT2D eigenvalue weighted by Crippen LogP contribution is 2.45. The van der Waals surface area contributed by atoms with Crippen LogP contribution in [0.5, 0.6) is 0 Å². The van der Waals surface area contributed by atoms with Gasteiger partial charge < -0.3 is 15.1 Å². The van der Waals surface area contributed by atoms with E-state index < -0.39 is 0 Å². The van der Waals surface area contributed by atoms with Crippen molar-refractivity contribution in [1.29, 1.82) is 0 Å². The molecule has 0 aromatic heterocycles. The molecule has 5 nitrogen and oxygen atoms in total. The molecule has 0 bridgehead atoms. The Balaban J connectivity index is 0.00000225. The van der Waals surface area contributed by atoms with Crippen molar-refractivity contribution >= 4 is 24.2 Å². The summed E-state index contributed by atoms with van der Waals surface area (Å²) in [4.78, 5) is 29.7. The average molecular weight is 372 g/mol. The predicted octanol–water partition coefficient (Wildman–Crippen LogP) is 2.44. The molecule has 2 amide bonds. The van der Waals surface area contributed by atoms with E-state index in [2.05, 4.69) is 24.1 Å². The van der Waals surface area contributed by atoms with E-state index in [1.165, 1.54) is 12.8 Å². The van der Waals surface area contributed by atoms with E-state index in [1.54, 1.807) is 0 Å². The predicted molar refractivity (Wildman–Crippen MR) is 102 cm³/mol. The summed E-state index contributed by atoms with van der Waals surface area (Å²) in [7, 11) is 0. The Morgan fingerprint density at radius 3 is 2.60 bits per heavy atom. The number of hydrogen-bond donors (Lipinski definition) is 1. The molecule has 1 atom stereocenters. The maximum absolute atomic E-state index is 13.4. The van der Waals surface area contributed by atoms with Crippen LogP contribution in [0.15, 0.2) is 0 Å². The number of nitrogens with zero attached hydrogens (tertiary/aromatic N) is 2. The summed E-state index contributed by atoms with van der Waals surface area (Å²) in [5.41, 5.74) is -0.122.